The van der Waals surface area contributed by atoms with Gasteiger partial charge in [0.05, 0.1) is 0 Å². The van der Waals surface area contributed by atoms with Crippen LogP contribution in [-0.4, -0.2) is 47.0 Å². The van der Waals surface area contributed by atoms with Gasteiger partial charge in [-0.1, -0.05) is 13.8 Å². The number of primary amides is 1. The molecule has 1 atom stereocenters. The highest BCUT2D eigenvalue weighted by atomic mass is 16.4. The number of hydrogen-bond donors (Lipinski definition) is 3. The minimum Gasteiger partial charge on any atom is -0.480 e. The smallest absolute Gasteiger partial charge is 0.326 e. The SMILES string of the molecule is CC(C)C(NC(=O)N1CCC(CC(N)=O)CC1)C(=O)O. The third-order valence-corrected chi connectivity index (χ3v) is 3.60. The summed E-state index contributed by atoms with van der Waals surface area (Å²) in [4.78, 5) is 35.5. The Bertz CT molecular complexity index is 376. The Hall–Kier alpha value is -1.79. The molecule has 1 aliphatic rings. The van der Waals surface area contributed by atoms with Gasteiger partial charge in [-0.25, -0.2) is 9.59 Å². The number of aliphatic carboxylic acids is 1. The number of likely N-dealkylation sites (tertiary alicyclic amines) is 1. The summed E-state index contributed by atoms with van der Waals surface area (Å²) >= 11 is 0. The molecule has 0 spiro atoms. The summed E-state index contributed by atoms with van der Waals surface area (Å²) < 4.78 is 0. The van der Waals surface area contributed by atoms with E-state index in [9.17, 15) is 14.4 Å². The Balaban J connectivity index is 2.46. The maximum absolute atomic E-state index is 12.0. The van der Waals surface area contributed by atoms with Crippen LogP contribution in [0.3, 0.4) is 0 Å². The number of nitrogens with one attached hydrogen (secondary N) is 1. The average Bonchev–Trinajstić information content (AvgIpc) is 2.35. The molecule has 0 aromatic rings. The molecule has 20 heavy (non-hydrogen) atoms. The summed E-state index contributed by atoms with van der Waals surface area (Å²) in [6.07, 6.45) is 1.78. The number of carbonyl (C=O) groups is 3. The lowest BCUT2D eigenvalue weighted by molar-refractivity contribution is -0.140. The number of piperidine rings is 1. The summed E-state index contributed by atoms with van der Waals surface area (Å²) in [5.41, 5.74) is 5.15. The van der Waals surface area contributed by atoms with Crippen molar-refractivity contribution in [3.05, 3.63) is 0 Å². The van der Waals surface area contributed by atoms with Crippen molar-refractivity contribution >= 4 is 17.9 Å². The van der Waals surface area contributed by atoms with Crippen LogP contribution in [0.2, 0.25) is 0 Å². The van der Waals surface area contributed by atoms with Crippen LogP contribution >= 0.6 is 0 Å². The minimum atomic E-state index is -1.03. The molecule has 1 fully saturated rings. The lowest BCUT2D eigenvalue weighted by Crippen LogP contribution is -2.52. The van der Waals surface area contributed by atoms with Gasteiger partial charge in [-0.05, 0) is 24.7 Å². The third kappa shape index (κ3) is 4.71. The van der Waals surface area contributed by atoms with Gasteiger partial charge in [-0.3, -0.25) is 4.79 Å². The van der Waals surface area contributed by atoms with E-state index in [1.54, 1.807) is 18.7 Å². The van der Waals surface area contributed by atoms with Crippen molar-refractivity contribution in [2.75, 3.05) is 13.1 Å². The summed E-state index contributed by atoms with van der Waals surface area (Å²) in [6.45, 7) is 4.54. The zero-order valence-corrected chi connectivity index (χ0v) is 12.0. The number of rotatable bonds is 5. The topological polar surface area (TPSA) is 113 Å². The zero-order valence-electron chi connectivity index (χ0n) is 12.0. The Labute approximate surface area is 118 Å². The largest absolute Gasteiger partial charge is 0.480 e. The second-order valence-electron chi connectivity index (χ2n) is 5.61. The molecule has 0 aromatic heterocycles. The second kappa shape index (κ2) is 7.12. The molecule has 3 amide bonds. The maximum atomic E-state index is 12.0. The van der Waals surface area contributed by atoms with E-state index in [1.165, 1.54) is 0 Å². The van der Waals surface area contributed by atoms with Gasteiger partial charge in [0.25, 0.3) is 0 Å². The fraction of sp³-hybridized carbons (Fsp3) is 0.769. The van der Waals surface area contributed by atoms with Crippen molar-refractivity contribution in [3.63, 3.8) is 0 Å². The Morgan fingerprint density at radius 3 is 2.25 bits per heavy atom. The van der Waals surface area contributed by atoms with E-state index >= 15 is 0 Å². The molecule has 7 heteroatoms. The summed E-state index contributed by atoms with van der Waals surface area (Å²) in [5, 5.41) is 11.6. The number of urea groups is 1. The quantitative estimate of drug-likeness (QED) is 0.678. The predicted molar refractivity (Wildman–Crippen MR) is 72.9 cm³/mol. The number of amides is 3. The molecular weight excluding hydrogens is 262 g/mol. The first-order valence-corrected chi connectivity index (χ1v) is 6.87. The van der Waals surface area contributed by atoms with Crippen LogP contribution in [-0.2, 0) is 9.59 Å². The second-order valence-corrected chi connectivity index (χ2v) is 5.61. The van der Waals surface area contributed by atoms with E-state index in [-0.39, 0.29) is 23.8 Å². The maximum Gasteiger partial charge on any atom is 0.326 e. The molecule has 1 aliphatic heterocycles. The first kappa shape index (κ1) is 16.3. The van der Waals surface area contributed by atoms with Crippen LogP contribution in [0.25, 0.3) is 0 Å². The summed E-state index contributed by atoms with van der Waals surface area (Å²) in [7, 11) is 0. The fourth-order valence-electron chi connectivity index (χ4n) is 2.36. The summed E-state index contributed by atoms with van der Waals surface area (Å²) in [6, 6.07) is -1.24. The highest BCUT2D eigenvalue weighted by Gasteiger charge is 2.28. The van der Waals surface area contributed by atoms with Crippen molar-refractivity contribution < 1.29 is 19.5 Å². The van der Waals surface area contributed by atoms with Crippen LogP contribution in [0.1, 0.15) is 33.1 Å². The number of nitrogens with two attached hydrogens (primary N) is 1. The number of nitrogens with zero attached hydrogens (tertiary/aromatic N) is 1. The van der Waals surface area contributed by atoms with Crippen LogP contribution in [0.15, 0.2) is 0 Å². The highest BCUT2D eigenvalue weighted by Crippen LogP contribution is 2.20. The molecular formula is C13H23N3O4. The first-order chi connectivity index (χ1) is 9.31. The molecule has 0 saturated carbocycles. The van der Waals surface area contributed by atoms with Gasteiger partial charge >= 0.3 is 12.0 Å². The lowest BCUT2D eigenvalue weighted by atomic mass is 9.93. The Kier molecular flexibility index (Phi) is 5.79. The van der Waals surface area contributed by atoms with Gasteiger partial charge in [0.15, 0.2) is 0 Å². The fourth-order valence-corrected chi connectivity index (χ4v) is 2.36. The first-order valence-electron chi connectivity index (χ1n) is 6.87. The number of carboxylic acids is 1. The number of carboxylic acid groups (broad SMARTS) is 1. The van der Waals surface area contributed by atoms with Crippen molar-refractivity contribution in [3.8, 4) is 0 Å². The van der Waals surface area contributed by atoms with Crippen molar-refractivity contribution in [1.82, 2.24) is 10.2 Å². The Morgan fingerprint density at radius 2 is 1.85 bits per heavy atom. The molecule has 1 unspecified atom stereocenters. The minimum absolute atomic E-state index is 0.177. The van der Waals surface area contributed by atoms with E-state index < -0.39 is 12.0 Å². The Morgan fingerprint density at radius 1 is 1.30 bits per heavy atom. The lowest BCUT2D eigenvalue weighted by Gasteiger charge is -2.32. The van der Waals surface area contributed by atoms with Crippen LogP contribution in [0.5, 0.6) is 0 Å². The van der Waals surface area contributed by atoms with Crippen LogP contribution in [0, 0.1) is 11.8 Å². The van der Waals surface area contributed by atoms with Gasteiger partial charge in [0.2, 0.25) is 5.91 Å². The van der Waals surface area contributed by atoms with E-state index in [2.05, 4.69) is 5.32 Å². The molecule has 0 aromatic carbocycles. The van der Waals surface area contributed by atoms with E-state index in [1.807, 2.05) is 0 Å². The van der Waals surface area contributed by atoms with Gasteiger partial charge in [-0.15, -0.1) is 0 Å². The van der Waals surface area contributed by atoms with Gasteiger partial charge in [0, 0.05) is 19.5 Å². The molecule has 0 aliphatic carbocycles. The van der Waals surface area contributed by atoms with E-state index in [0.29, 0.717) is 19.5 Å². The van der Waals surface area contributed by atoms with Gasteiger partial charge in [0.1, 0.15) is 6.04 Å². The van der Waals surface area contributed by atoms with Crippen molar-refractivity contribution in [2.24, 2.45) is 17.6 Å². The third-order valence-electron chi connectivity index (χ3n) is 3.60. The van der Waals surface area contributed by atoms with Crippen LogP contribution < -0.4 is 11.1 Å². The summed E-state index contributed by atoms with van der Waals surface area (Å²) in [5.74, 6) is -1.31. The van der Waals surface area contributed by atoms with Gasteiger partial charge < -0.3 is 21.1 Å². The van der Waals surface area contributed by atoms with Crippen molar-refractivity contribution in [1.29, 1.82) is 0 Å². The molecule has 4 N–H and O–H groups in total. The molecule has 1 saturated heterocycles. The number of carbonyl (C=O) groups excluding carboxylic acids is 2. The molecule has 0 bridgehead atoms. The molecule has 114 valence electrons. The van der Waals surface area contributed by atoms with E-state index in [0.717, 1.165) is 12.8 Å². The normalized spacial score (nSPS) is 17.9. The molecule has 0 radical (unpaired) electrons. The van der Waals surface area contributed by atoms with Crippen molar-refractivity contribution in [2.45, 2.75) is 39.2 Å². The monoisotopic (exact) mass is 285 g/mol. The average molecular weight is 285 g/mol. The predicted octanol–water partition coefficient (Wildman–Crippen LogP) is 0.393. The molecule has 1 heterocycles. The molecule has 7 nitrogen and oxygen atoms in total. The van der Waals surface area contributed by atoms with Gasteiger partial charge in [-0.2, -0.15) is 0 Å². The zero-order chi connectivity index (χ0) is 15.3. The standard InChI is InChI=1S/C13H23N3O4/c1-8(2)11(12(18)19)15-13(20)16-5-3-9(4-6-16)7-10(14)17/h8-9,11H,3-7H2,1-2H3,(H2,14,17)(H,15,20)(H,18,19). The van der Waals surface area contributed by atoms with E-state index in [4.69, 9.17) is 10.8 Å². The highest BCUT2D eigenvalue weighted by molar-refractivity contribution is 5.82. The number of hydrogen-bond acceptors (Lipinski definition) is 3. The van der Waals surface area contributed by atoms with Crippen LogP contribution in [0.4, 0.5) is 4.79 Å². The molecule has 1 rings (SSSR count).